The summed E-state index contributed by atoms with van der Waals surface area (Å²) < 4.78 is 133. The highest BCUT2D eigenvalue weighted by Crippen LogP contribution is 2.35. The predicted molar refractivity (Wildman–Crippen MR) is 141 cm³/mol. The van der Waals surface area contributed by atoms with E-state index in [4.69, 9.17) is 0 Å². The van der Waals surface area contributed by atoms with Crippen molar-refractivity contribution in [3.63, 3.8) is 0 Å². The van der Waals surface area contributed by atoms with Crippen molar-refractivity contribution in [1.82, 2.24) is 10.0 Å². The zero-order valence-corrected chi connectivity index (χ0v) is 23.6. The Kier molecular flexibility index (Phi) is 9.13. The van der Waals surface area contributed by atoms with Crippen LogP contribution in [0, 0.1) is 0 Å². The van der Waals surface area contributed by atoms with E-state index in [1.165, 1.54) is 6.07 Å². The molecule has 16 heteroatoms. The van der Waals surface area contributed by atoms with E-state index < -0.39 is 72.4 Å². The Labute approximate surface area is 243 Å². The Bertz CT molecular complexity index is 1690. The summed E-state index contributed by atoms with van der Waals surface area (Å²) >= 11 is 0. The number of carbonyl (C=O) groups excluding carboxylic acids is 1. The summed E-state index contributed by atoms with van der Waals surface area (Å²) in [6, 6.07) is 12.8. The van der Waals surface area contributed by atoms with Gasteiger partial charge >= 0.3 is 21.8 Å². The minimum atomic E-state index is -5.88. The maximum Gasteiger partial charge on any atom is 0.534 e. The lowest BCUT2D eigenvalue weighted by molar-refractivity contribution is -0.137. The summed E-state index contributed by atoms with van der Waals surface area (Å²) in [5.74, 6) is -1.17. The monoisotopic (exact) mass is 650 g/mol. The summed E-state index contributed by atoms with van der Waals surface area (Å²) in [5, 5.41) is 2.76. The topological polar surface area (TPSA) is 119 Å². The maximum atomic E-state index is 13.2. The third-order valence-electron chi connectivity index (χ3n) is 6.61. The molecule has 3 aromatic rings. The van der Waals surface area contributed by atoms with Crippen molar-refractivity contribution in [1.29, 1.82) is 0 Å². The molecule has 4 rings (SSSR count). The van der Waals surface area contributed by atoms with Crippen molar-refractivity contribution in [3.8, 4) is 5.75 Å². The Morgan fingerprint density at radius 1 is 0.907 bits per heavy atom. The highest BCUT2D eigenvalue weighted by atomic mass is 32.2. The lowest BCUT2D eigenvalue weighted by Gasteiger charge is -2.28. The molecule has 1 amide bonds. The first-order valence-corrected chi connectivity index (χ1v) is 15.5. The van der Waals surface area contributed by atoms with E-state index in [2.05, 4.69) is 14.2 Å². The maximum absolute atomic E-state index is 13.2. The van der Waals surface area contributed by atoms with Crippen LogP contribution in [-0.4, -0.2) is 28.3 Å². The van der Waals surface area contributed by atoms with Crippen LogP contribution in [0.5, 0.6) is 5.75 Å². The molecule has 0 aromatic heterocycles. The van der Waals surface area contributed by atoms with Crippen LogP contribution in [0.2, 0.25) is 0 Å². The normalized spacial score (nSPS) is 16.7. The van der Waals surface area contributed by atoms with E-state index >= 15 is 0 Å². The average Bonchev–Trinajstić information content (AvgIpc) is 2.92. The fourth-order valence-electron chi connectivity index (χ4n) is 4.61. The number of fused-ring (bicyclic) bond motifs is 1. The van der Waals surface area contributed by atoms with Crippen molar-refractivity contribution < 1.29 is 52.2 Å². The number of amides is 1. The van der Waals surface area contributed by atoms with Crippen molar-refractivity contribution in [2.45, 2.75) is 54.3 Å². The van der Waals surface area contributed by atoms with Gasteiger partial charge in [-0.1, -0.05) is 42.5 Å². The largest absolute Gasteiger partial charge is 0.534 e. The molecule has 0 spiro atoms. The Morgan fingerprint density at radius 2 is 1.60 bits per heavy atom. The molecule has 0 saturated carbocycles. The van der Waals surface area contributed by atoms with E-state index in [9.17, 15) is 48.0 Å². The van der Waals surface area contributed by atoms with E-state index in [1.54, 1.807) is 30.3 Å². The van der Waals surface area contributed by atoms with E-state index in [-0.39, 0.29) is 0 Å². The molecule has 43 heavy (non-hydrogen) atoms. The van der Waals surface area contributed by atoms with Crippen LogP contribution < -0.4 is 14.2 Å². The third kappa shape index (κ3) is 7.86. The molecule has 2 N–H and O–H groups in total. The van der Waals surface area contributed by atoms with Gasteiger partial charge in [0.15, 0.2) is 0 Å². The van der Waals surface area contributed by atoms with Crippen LogP contribution in [-0.2, 0) is 37.5 Å². The van der Waals surface area contributed by atoms with Gasteiger partial charge < -0.3 is 9.50 Å². The molecule has 232 valence electrons. The first-order valence-electron chi connectivity index (χ1n) is 12.6. The highest BCUT2D eigenvalue weighted by Gasteiger charge is 2.48. The minimum absolute atomic E-state index is 0.366. The molecule has 3 aromatic carbocycles. The summed E-state index contributed by atoms with van der Waals surface area (Å²) in [6.07, 6.45) is -3.95. The fraction of sp³-hybridized carbons (Fsp3) is 0.296. The number of sulfonamides is 1. The van der Waals surface area contributed by atoms with Gasteiger partial charge in [0.2, 0.25) is 15.9 Å². The lowest BCUT2D eigenvalue weighted by Crippen LogP contribution is -2.36. The van der Waals surface area contributed by atoms with Crippen LogP contribution >= 0.6 is 0 Å². The predicted octanol–water partition coefficient (Wildman–Crippen LogP) is 5.54. The second kappa shape index (κ2) is 12.2. The molecule has 0 heterocycles. The minimum Gasteiger partial charge on any atom is -0.376 e. The zero-order chi connectivity index (χ0) is 31.6. The number of alkyl halides is 6. The number of hydrogen-bond acceptors (Lipinski definition) is 6. The zero-order valence-electron chi connectivity index (χ0n) is 21.9. The van der Waals surface area contributed by atoms with Gasteiger partial charge in [0.25, 0.3) is 0 Å². The first-order chi connectivity index (χ1) is 20.0. The van der Waals surface area contributed by atoms with Gasteiger partial charge in [0, 0.05) is 6.42 Å². The smallest absolute Gasteiger partial charge is 0.376 e. The molecule has 0 radical (unpaired) electrons. The summed E-state index contributed by atoms with van der Waals surface area (Å²) in [4.78, 5) is 12.5. The van der Waals surface area contributed by atoms with Crippen molar-refractivity contribution in [2.75, 3.05) is 0 Å². The molecular weight excluding hydrogens is 626 g/mol. The molecule has 0 saturated heterocycles. The summed E-state index contributed by atoms with van der Waals surface area (Å²) in [7, 11) is -10.4. The molecule has 8 nitrogen and oxygen atoms in total. The Morgan fingerprint density at radius 3 is 2.26 bits per heavy atom. The van der Waals surface area contributed by atoms with Crippen LogP contribution in [0.1, 0.15) is 53.6 Å². The number of nitrogens with one attached hydrogen (secondary N) is 2. The van der Waals surface area contributed by atoms with Gasteiger partial charge in [-0.15, -0.1) is 0 Å². The van der Waals surface area contributed by atoms with E-state index in [1.807, 2.05) is 0 Å². The number of aryl methyl sites for hydroxylation is 1. The van der Waals surface area contributed by atoms with Crippen LogP contribution in [0.25, 0.3) is 0 Å². The fourth-order valence-corrected chi connectivity index (χ4v) is 6.33. The van der Waals surface area contributed by atoms with Gasteiger partial charge in [-0.3, -0.25) is 4.79 Å². The average molecular weight is 651 g/mol. The molecular formula is C27H24F6N2O6S2. The van der Waals surface area contributed by atoms with Gasteiger partial charge in [0.1, 0.15) is 5.75 Å². The van der Waals surface area contributed by atoms with Crippen molar-refractivity contribution >= 4 is 26.0 Å². The standard InChI is InChI=1S/C27H24F6N2O6S2/c28-26(29,30)19-9-5-10-21(15-19)42(37,38)35-24(17-6-2-1-3-7-17)16-25(36)34-23-11-4-8-18-14-20(12-13-22(18)23)41-43(39,40)27(31,32)33/h1-3,5-7,9-10,12-15,23-24,35H,4,8,11,16H2,(H,34,36). The molecule has 1 aliphatic carbocycles. The highest BCUT2D eigenvalue weighted by molar-refractivity contribution is 7.89. The van der Waals surface area contributed by atoms with Gasteiger partial charge in [-0.25, -0.2) is 13.1 Å². The van der Waals surface area contributed by atoms with Crippen molar-refractivity contribution in [3.05, 3.63) is 95.1 Å². The number of benzene rings is 3. The summed E-state index contributed by atoms with van der Waals surface area (Å²) in [6.45, 7) is 0. The molecule has 2 atom stereocenters. The lowest BCUT2D eigenvalue weighted by atomic mass is 9.87. The molecule has 0 fully saturated rings. The second-order valence-corrected chi connectivity index (χ2v) is 12.9. The molecule has 2 unspecified atom stereocenters. The number of halogens is 6. The van der Waals surface area contributed by atoms with E-state index in [0.717, 1.165) is 30.3 Å². The number of rotatable bonds is 9. The van der Waals surface area contributed by atoms with E-state index in [0.29, 0.717) is 42.0 Å². The Balaban J connectivity index is 1.53. The van der Waals surface area contributed by atoms with Gasteiger partial charge in [-0.2, -0.15) is 34.8 Å². The van der Waals surface area contributed by atoms with Crippen molar-refractivity contribution in [2.24, 2.45) is 0 Å². The number of hydrogen-bond donors (Lipinski definition) is 2. The van der Waals surface area contributed by atoms with Crippen LogP contribution in [0.15, 0.2) is 77.7 Å². The molecule has 0 aliphatic heterocycles. The Hall–Kier alpha value is -3.63. The first kappa shape index (κ1) is 32.3. The summed E-state index contributed by atoms with van der Waals surface area (Å²) in [5.41, 5.74) is -5.44. The van der Waals surface area contributed by atoms with Crippen LogP contribution in [0.3, 0.4) is 0 Å². The van der Waals surface area contributed by atoms with Gasteiger partial charge in [-0.05, 0) is 66.3 Å². The van der Waals surface area contributed by atoms with Crippen LogP contribution in [0.4, 0.5) is 26.3 Å². The second-order valence-electron chi connectivity index (χ2n) is 9.67. The number of carbonyl (C=O) groups is 1. The van der Waals surface area contributed by atoms with Gasteiger partial charge in [0.05, 0.1) is 22.5 Å². The quantitative estimate of drug-likeness (QED) is 0.179. The SMILES string of the molecule is O=C(CC(NS(=O)(=O)c1cccc(C(F)(F)F)c1)c1ccccc1)NC1CCCc2cc(OS(=O)(=O)C(F)(F)F)ccc21. The third-order valence-corrected chi connectivity index (χ3v) is 9.06. The molecule has 1 aliphatic rings. The molecule has 0 bridgehead atoms.